The fraction of sp³-hybridized carbons (Fsp3) is 0.571. The van der Waals surface area contributed by atoms with Crippen LogP contribution >= 0.6 is 0 Å². The molecule has 1 unspecified atom stereocenters. The molecule has 1 atom stereocenters. The zero-order valence-corrected chi connectivity index (χ0v) is 13.4. The number of hydrogen-bond acceptors (Lipinski definition) is 5. The summed E-state index contributed by atoms with van der Waals surface area (Å²) in [7, 11) is -3.48. The summed E-state index contributed by atoms with van der Waals surface area (Å²) in [5.41, 5.74) is 0.583. The summed E-state index contributed by atoms with van der Waals surface area (Å²) in [5, 5.41) is 15.3. The minimum atomic E-state index is -3.48. The smallest absolute Gasteiger partial charge is 0.242 e. The van der Waals surface area contributed by atoms with E-state index in [1.807, 2.05) is 6.92 Å². The molecule has 1 aromatic carbocycles. The molecule has 0 heterocycles. The largest absolute Gasteiger partial charge is 0.392 e. The van der Waals surface area contributed by atoms with E-state index in [0.29, 0.717) is 31.9 Å². The predicted molar refractivity (Wildman–Crippen MR) is 85.0 cm³/mol. The van der Waals surface area contributed by atoms with Crippen LogP contribution in [0, 0.1) is 0 Å². The van der Waals surface area contributed by atoms with Gasteiger partial charge >= 0.3 is 0 Å². The van der Waals surface area contributed by atoms with Crippen LogP contribution in [0.4, 0.5) is 5.69 Å². The van der Waals surface area contributed by atoms with Crippen molar-refractivity contribution in [2.75, 3.05) is 31.5 Å². The highest BCUT2D eigenvalue weighted by atomic mass is 32.2. The summed E-state index contributed by atoms with van der Waals surface area (Å²) in [6, 6.07) is 6.83. The maximum atomic E-state index is 12.2. The first-order valence-electron chi connectivity index (χ1n) is 7.18. The van der Waals surface area contributed by atoms with E-state index in [1.165, 1.54) is 0 Å². The van der Waals surface area contributed by atoms with Gasteiger partial charge in [-0.1, -0.05) is 19.1 Å². The average Bonchev–Trinajstić information content (AvgIpc) is 2.45. The number of anilines is 1. The Kier molecular flexibility index (Phi) is 7.66. The molecule has 0 saturated heterocycles. The second kappa shape index (κ2) is 8.99. The minimum Gasteiger partial charge on any atom is -0.392 e. The van der Waals surface area contributed by atoms with Crippen molar-refractivity contribution in [3.05, 3.63) is 24.3 Å². The molecule has 120 valence electrons. The molecule has 4 N–H and O–H groups in total. The third-order valence-corrected chi connectivity index (χ3v) is 4.29. The summed E-state index contributed by atoms with van der Waals surface area (Å²) in [4.78, 5) is 0.258. The highest BCUT2D eigenvalue weighted by molar-refractivity contribution is 7.89. The van der Waals surface area contributed by atoms with Crippen molar-refractivity contribution in [3.63, 3.8) is 0 Å². The van der Waals surface area contributed by atoms with Gasteiger partial charge in [-0.2, -0.15) is 0 Å². The molecule has 0 fully saturated rings. The second-order valence-corrected chi connectivity index (χ2v) is 6.61. The van der Waals surface area contributed by atoms with E-state index < -0.39 is 16.1 Å². The molecule has 0 aliphatic heterocycles. The van der Waals surface area contributed by atoms with Crippen LogP contribution in [0.15, 0.2) is 29.2 Å². The van der Waals surface area contributed by atoms with Gasteiger partial charge in [0.25, 0.3) is 0 Å². The molecule has 6 nitrogen and oxygen atoms in total. The first-order valence-corrected chi connectivity index (χ1v) is 8.67. The molecule has 1 aromatic rings. The predicted octanol–water partition coefficient (Wildman–Crippen LogP) is 0.757. The van der Waals surface area contributed by atoms with Crippen molar-refractivity contribution in [2.24, 2.45) is 0 Å². The number of benzene rings is 1. The standard InChI is InChI=1S/C14H25N3O3S/c1-3-8-17-21(19,20)14-7-5-4-6-13(14)16-10-9-15-11-12(2)18/h4-7,12,15-18H,3,8-11H2,1-2H3. The Morgan fingerprint density at radius 1 is 1.19 bits per heavy atom. The summed E-state index contributed by atoms with van der Waals surface area (Å²) in [6.07, 6.45) is 0.355. The number of para-hydroxylation sites is 1. The van der Waals surface area contributed by atoms with Crippen LogP contribution < -0.4 is 15.4 Å². The van der Waals surface area contributed by atoms with E-state index in [0.717, 1.165) is 6.42 Å². The third-order valence-electron chi connectivity index (χ3n) is 2.78. The average molecular weight is 315 g/mol. The molecule has 0 saturated carbocycles. The number of nitrogens with one attached hydrogen (secondary N) is 3. The maximum absolute atomic E-state index is 12.2. The van der Waals surface area contributed by atoms with Crippen molar-refractivity contribution >= 4 is 15.7 Å². The fourth-order valence-corrected chi connectivity index (χ4v) is 3.07. The Balaban J connectivity index is 2.63. The summed E-state index contributed by atoms with van der Waals surface area (Å²) >= 11 is 0. The number of aliphatic hydroxyl groups is 1. The van der Waals surface area contributed by atoms with E-state index >= 15 is 0 Å². The minimum absolute atomic E-state index is 0.258. The molecule has 0 bridgehead atoms. The van der Waals surface area contributed by atoms with Gasteiger partial charge in [-0.25, -0.2) is 13.1 Å². The van der Waals surface area contributed by atoms with Gasteiger partial charge in [0.15, 0.2) is 0 Å². The van der Waals surface area contributed by atoms with Gasteiger partial charge in [0.1, 0.15) is 4.90 Å². The molecular weight excluding hydrogens is 290 g/mol. The topological polar surface area (TPSA) is 90.5 Å². The Labute approximate surface area is 127 Å². The van der Waals surface area contributed by atoms with Crippen molar-refractivity contribution in [1.29, 1.82) is 0 Å². The van der Waals surface area contributed by atoms with E-state index in [1.54, 1.807) is 31.2 Å². The zero-order chi connectivity index (χ0) is 15.7. The molecule has 21 heavy (non-hydrogen) atoms. The fourth-order valence-electron chi connectivity index (χ4n) is 1.76. The Morgan fingerprint density at radius 2 is 1.90 bits per heavy atom. The van der Waals surface area contributed by atoms with Crippen LogP contribution in [0.3, 0.4) is 0 Å². The van der Waals surface area contributed by atoms with Crippen LogP contribution in [0.25, 0.3) is 0 Å². The summed E-state index contributed by atoms with van der Waals surface area (Å²) in [6.45, 7) is 5.78. The van der Waals surface area contributed by atoms with Gasteiger partial charge < -0.3 is 15.7 Å². The molecule has 1 rings (SSSR count). The van der Waals surface area contributed by atoms with Crippen LogP contribution in [-0.4, -0.2) is 45.8 Å². The SMILES string of the molecule is CCCNS(=O)(=O)c1ccccc1NCCNCC(C)O. The lowest BCUT2D eigenvalue weighted by Crippen LogP contribution is -2.29. The first kappa shape index (κ1) is 17.9. The monoisotopic (exact) mass is 315 g/mol. The van der Waals surface area contributed by atoms with Crippen LogP contribution in [0.5, 0.6) is 0 Å². The molecule has 0 aromatic heterocycles. The Morgan fingerprint density at radius 3 is 2.57 bits per heavy atom. The van der Waals surface area contributed by atoms with E-state index in [-0.39, 0.29) is 4.90 Å². The molecule has 0 aliphatic rings. The van der Waals surface area contributed by atoms with Gasteiger partial charge in [0, 0.05) is 26.2 Å². The van der Waals surface area contributed by atoms with Gasteiger partial charge in [-0.3, -0.25) is 0 Å². The highest BCUT2D eigenvalue weighted by Gasteiger charge is 2.16. The zero-order valence-electron chi connectivity index (χ0n) is 12.6. The van der Waals surface area contributed by atoms with Gasteiger partial charge in [-0.05, 0) is 25.5 Å². The third kappa shape index (κ3) is 6.43. The molecule has 0 radical (unpaired) electrons. The quantitative estimate of drug-likeness (QED) is 0.479. The number of aliphatic hydroxyl groups excluding tert-OH is 1. The summed E-state index contributed by atoms with van der Waals surface area (Å²) < 4.78 is 26.9. The lowest BCUT2D eigenvalue weighted by molar-refractivity contribution is 0.192. The molecule has 0 amide bonds. The van der Waals surface area contributed by atoms with E-state index in [4.69, 9.17) is 5.11 Å². The van der Waals surface area contributed by atoms with E-state index in [2.05, 4.69) is 15.4 Å². The van der Waals surface area contributed by atoms with Crippen molar-refractivity contribution in [1.82, 2.24) is 10.0 Å². The van der Waals surface area contributed by atoms with Gasteiger partial charge in [-0.15, -0.1) is 0 Å². The molecular formula is C14H25N3O3S. The lowest BCUT2D eigenvalue weighted by Gasteiger charge is -2.13. The number of rotatable bonds is 10. The van der Waals surface area contributed by atoms with Crippen molar-refractivity contribution in [2.45, 2.75) is 31.3 Å². The van der Waals surface area contributed by atoms with E-state index in [9.17, 15) is 8.42 Å². The summed E-state index contributed by atoms with van der Waals surface area (Å²) in [5.74, 6) is 0. The maximum Gasteiger partial charge on any atom is 0.242 e. The van der Waals surface area contributed by atoms with Crippen LogP contribution in [0.2, 0.25) is 0 Å². The molecule has 0 aliphatic carbocycles. The molecule has 0 spiro atoms. The highest BCUT2D eigenvalue weighted by Crippen LogP contribution is 2.20. The number of sulfonamides is 1. The Hall–Kier alpha value is -1.15. The number of hydrogen-bond donors (Lipinski definition) is 4. The van der Waals surface area contributed by atoms with Gasteiger partial charge in [0.2, 0.25) is 10.0 Å². The Bertz CT molecular complexity index is 518. The first-order chi connectivity index (χ1) is 9.97. The van der Waals surface area contributed by atoms with Crippen molar-refractivity contribution < 1.29 is 13.5 Å². The normalized spacial score (nSPS) is 13.1. The van der Waals surface area contributed by atoms with Crippen LogP contribution in [-0.2, 0) is 10.0 Å². The van der Waals surface area contributed by atoms with Gasteiger partial charge in [0.05, 0.1) is 11.8 Å². The molecule has 7 heteroatoms. The van der Waals surface area contributed by atoms with Crippen molar-refractivity contribution in [3.8, 4) is 0 Å². The van der Waals surface area contributed by atoms with Crippen LogP contribution in [0.1, 0.15) is 20.3 Å². The second-order valence-electron chi connectivity index (χ2n) is 4.87. The lowest BCUT2D eigenvalue weighted by atomic mass is 10.3.